The number of carbonyl (C=O) groups excluding carboxylic acids is 1. The van der Waals surface area contributed by atoms with Crippen molar-refractivity contribution in [2.24, 2.45) is 0 Å². The summed E-state index contributed by atoms with van der Waals surface area (Å²) in [6.07, 6.45) is 0.580. The maximum absolute atomic E-state index is 13.1. The predicted octanol–water partition coefficient (Wildman–Crippen LogP) is 3.83. The fraction of sp³-hybridized carbons (Fsp3) is 0.174. The number of rotatable bonds is 5. The van der Waals surface area contributed by atoms with E-state index in [1.54, 1.807) is 24.3 Å². The number of sulfonamides is 1. The largest absolute Gasteiger partial charge is 0.497 e. The van der Waals surface area contributed by atoms with E-state index in [2.05, 4.69) is 5.32 Å². The van der Waals surface area contributed by atoms with Gasteiger partial charge in [0.1, 0.15) is 11.6 Å². The van der Waals surface area contributed by atoms with Gasteiger partial charge < -0.3 is 10.1 Å². The van der Waals surface area contributed by atoms with E-state index in [4.69, 9.17) is 4.74 Å². The molecule has 1 aliphatic rings. The molecule has 1 heterocycles. The molecule has 0 atom stereocenters. The lowest BCUT2D eigenvalue weighted by molar-refractivity contribution is 0.102. The minimum Gasteiger partial charge on any atom is -0.497 e. The Balaban J connectivity index is 1.53. The van der Waals surface area contributed by atoms with E-state index in [1.807, 2.05) is 6.07 Å². The van der Waals surface area contributed by atoms with Crippen LogP contribution in [0.25, 0.3) is 0 Å². The molecule has 0 spiro atoms. The van der Waals surface area contributed by atoms with E-state index in [0.29, 0.717) is 30.0 Å². The molecule has 6 nitrogen and oxygen atoms in total. The zero-order valence-electron chi connectivity index (χ0n) is 16.8. The Morgan fingerprint density at radius 1 is 1.00 bits per heavy atom. The first-order valence-corrected chi connectivity index (χ1v) is 11.1. The molecule has 31 heavy (non-hydrogen) atoms. The number of ether oxygens (including phenoxy) is 1. The van der Waals surface area contributed by atoms with Gasteiger partial charge in [-0.1, -0.05) is 6.07 Å². The van der Waals surface area contributed by atoms with Crippen molar-refractivity contribution in [3.8, 4) is 5.75 Å². The summed E-state index contributed by atoms with van der Waals surface area (Å²) in [6, 6.07) is 17.0. The zero-order chi connectivity index (χ0) is 22.0. The van der Waals surface area contributed by atoms with Gasteiger partial charge in [-0.05, 0) is 78.2 Å². The monoisotopic (exact) mass is 440 g/mol. The SMILES string of the molecule is COc1ccc(S(=O)(=O)N2CCc3ccc(NC(=O)c4ccc(F)cc4)cc3C2)cc1. The van der Waals surface area contributed by atoms with Crippen molar-refractivity contribution in [1.29, 1.82) is 0 Å². The van der Waals surface area contributed by atoms with Gasteiger partial charge in [-0.2, -0.15) is 4.31 Å². The number of benzene rings is 3. The highest BCUT2D eigenvalue weighted by atomic mass is 32.2. The second-order valence-corrected chi connectivity index (χ2v) is 9.15. The van der Waals surface area contributed by atoms with Crippen molar-refractivity contribution in [2.45, 2.75) is 17.9 Å². The molecule has 0 saturated heterocycles. The number of nitrogens with one attached hydrogen (secondary N) is 1. The lowest BCUT2D eigenvalue weighted by Crippen LogP contribution is -2.36. The Hall–Kier alpha value is -3.23. The molecule has 160 valence electrons. The third kappa shape index (κ3) is 4.45. The Morgan fingerprint density at radius 3 is 2.39 bits per heavy atom. The third-order valence-electron chi connectivity index (χ3n) is 5.24. The van der Waals surface area contributed by atoms with Crippen LogP contribution < -0.4 is 10.1 Å². The molecule has 0 aliphatic carbocycles. The van der Waals surface area contributed by atoms with Gasteiger partial charge >= 0.3 is 0 Å². The summed E-state index contributed by atoms with van der Waals surface area (Å²) >= 11 is 0. The van der Waals surface area contributed by atoms with Crippen molar-refractivity contribution in [2.75, 3.05) is 19.0 Å². The van der Waals surface area contributed by atoms with E-state index in [0.717, 1.165) is 11.1 Å². The van der Waals surface area contributed by atoms with Crippen LogP contribution in [0, 0.1) is 5.82 Å². The lowest BCUT2D eigenvalue weighted by Gasteiger charge is -2.28. The van der Waals surface area contributed by atoms with E-state index in [1.165, 1.54) is 47.8 Å². The van der Waals surface area contributed by atoms with Crippen molar-refractivity contribution in [3.63, 3.8) is 0 Å². The number of hydrogen-bond acceptors (Lipinski definition) is 4. The first-order chi connectivity index (χ1) is 14.9. The van der Waals surface area contributed by atoms with Crippen LogP contribution >= 0.6 is 0 Å². The molecule has 0 aromatic heterocycles. The summed E-state index contributed by atoms with van der Waals surface area (Å²) in [7, 11) is -2.13. The maximum atomic E-state index is 13.1. The molecular weight excluding hydrogens is 419 g/mol. The van der Waals surface area contributed by atoms with Crippen LogP contribution in [0.5, 0.6) is 5.75 Å². The minimum absolute atomic E-state index is 0.206. The molecule has 4 rings (SSSR count). The van der Waals surface area contributed by atoms with Crippen molar-refractivity contribution in [1.82, 2.24) is 4.31 Å². The zero-order valence-corrected chi connectivity index (χ0v) is 17.7. The molecule has 0 bridgehead atoms. The summed E-state index contributed by atoms with van der Waals surface area (Å²) in [5.74, 6) is -0.188. The number of anilines is 1. The third-order valence-corrected chi connectivity index (χ3v) is 7.10. The molecule has 3 aromatic carbocycles. The topological polar surface area (TPSA) is 75.7 Å². The molecule has 3 aromatic rings. The van der Waals surface area contributed by atoms with E-state index >= 15 is 0 Å². The van der Waals surface area contributed by atoms with Gasteiger partial charge in [0.05, 0.1) is 12.0 Å². The van der Waals surface area contributed by atoms with Gasteiger partial charge in [0.2, 0.25) is 10.0 Å². The van der Waals surface area contributed by atoms with Gasteiger partial charge in [0.25, 0.3) is 5.91 Å². The highest BCUT2D eigenvalue weighted by Gasteiger charge is 2.28. The second kappa shape index (κ2) is 8.49. The average Bonchev–Trinajstić information content (AvgIpc) is 2.79. The molecule has 1 N–H and O–H groups in total. The number of amides is 1. The standard InChI is InChI=1S/C23H21FN2O4S/c1-30-21-8-10-22(11-9-21)31(28,29)26-13-12-16-4-7-20(14-18(16)15-26)25-23(27)17-2-5-19(24)6-3-17/h2-11,14H,12-13,15H2,1H3,(H,25,27). The number of hydrogen-bond donors (Lipinski definition) is 1. The first-order valence-electron chi connectivity index (χ1n) is 9.70. The van der Waals surface area contributed by atoms with Gasteiger partial charge in [-0.25, -0.2) is 12.8 Å². The van der Waals surface area contributed by atoms with Gasteiger partial charge in [-0.3, -0.25) is 4.79 Å². The smallest absolute Gasteiger partial charge is 0.255 e. The lowest BCUT2D eigenvalue weighted by atomic mass is 10.0. The highest BCUT2D eigenvalue weighted by molar-refractivity contribution is 7.89. The maximum Gasteiger partial charge on any atom is 0.255 e. The summed E-state index contributed by atoms with van der Waals surface area (Å²) in [5.41, 5.74) is 2.76. The van der Waals surface area contributed by atoms with E-state index in [9.17, 15) is 17.6 Å². The molecular formula is C23H21FN2O4S. The summed E-state index contributed by atoms with van der Waals surface area (Å²) in [5, 5.41) is 2.78. The van der Waals surface area contributed by atoms with Crippen LogP contribution in [0.2, 0.25) is 0 Å². The van der Waals surface area contributed by atoms with Crippen LogP contribution in [-0.2, 0) is 23.0 Å². The number of methoxy groups -OCH3 is 1. The van der Waals surface area contributed by atoms with Crippen LogP contribution in [0.15, 0.2) is 71.6 Å². The highest BCUT2D eigenvalue weighted by Crippen LogP contribution is 2.28. The molecule has 1 aliphatic heterocycles. The van der Waals surface area contributed by atoms with Gasteiger partial charge in [0, 0.05) is 24.3 Å². The van der Waals surface area contributed by atoms with Gasteiger partial charge in [0.15, 0.2) is 0 Å². The average molecular weight is 440 g/mol. The van der Waals surface area contributed by atoms with Crippen molar-refractivity contribution < 1.29 is 22.3 Å². The fourth-order valence-electron chi connectivity index (χ4n) is 3.52. The molecule has 0 fully saturated rings. The summed E-state index contributed by atoms with van der Waals surface area (Å²) in [4.78, 5) is 12.6. The Labute approximate surface area is 180 Å². The Bertz CT molecular complexity index is 1210. The van der Waals surface area contributed by atoms with Crippen LogP contribution in [0.3, 0.4) is 0 Å². The van der Waals surface area contributed by atoms with Crippen LogP contribution in [0.4, 0.5) is 10.1 Å². The number of fused-ring (bicyclic) bond motifs is 1. The predicted molar refractivity (Wildman–Crippen MR) is 115 cm³/mol. The quantitative estimate of drug-likeness (QED) is 0.654. The number of carbonyl (C=O) groups is 1. The molecule has 1 amide bonds. The minimum atomic E-state index is -3.66. The summed E-state index contributed by atoms with van der Waals surface area (Å²) < 4.78 is 45.7. The first kappa shape index (κ1) is 21.0. The second-order valence-electron chi connectivity index (χ2n) is 7.21. The fourth-order valence-corrected chi connectivity index (χ4v) is 4.93. The molecule has 0 saturated carbocycles. The normalized spacial score (nSPS) is 14.0. The van der Waals surface area contributed by atoms with Crippen LogP contribution in [-0.4, -0.2) is 32.3 Å². The van der Waals surface area contributed by atoms with Crippen molar-refractivity contribution in [3.05, 3.63) is 89.2 Å². The Kier molecular flexibility index (Phi) is 5.75. The Morgan fingerprint density at radius 2 is 1.71 bits per heavy atom. The molecule has 0 unspecified atom stereocenters. The summed E-state index contributed by atoms with van der Waals surface area (Å²) in [6.45, 7) is 0.590. The van der Waals surface area contributed by atoms with Crippen LogP contribution in [0.1, 0.15) is 21.5 Å². The molecule has 0 radical (unpaired) electrons. The number of halogens is 1. The van der Waals surface area contributed by atoms with Crippen molar-refractivity contribution >= 4 is 21.6 Å². The van der Waals surface area contributed by atoms with E-state index in [-0.39, 0.29) is 17.3 Å². The molecule has 8 heteroatoms. The van der Waals surface area contributed by atoms with Gasteiger partial charge in [-0.15, -0.1) is 0 Å². The number of nitrogens with zero attached hydrogens (tertiary/aromatic N) is 1. The van der Waals surface area contributed by atoms with E-state index < -0.39 is 15.8 Å².